The first-order chi connectivity index (χ1) is 10.4. The quantitative estimate of drug-likeness (QED) is 0.853. The van der Waals surface area contributed by atoms with Crippen LogP contribution < -0.4 is 4.90 Å². The molecule has 1 aromatic carbocycles. The van der Waals surface area contributed by atoms with E-state index in [1.807, 2.05) is 30.9 Å². The van der Waals surface area contributed by atoms with Gasteiger partial charge >= 0.3 is 0 Å². The number of carbonyl (C=O) groups is 2. The number of aryl methyl sites for hydroxylation is 2. The normalized spacial score (nSPS) is 14.3. The second-order valence-corrected chi connectivity index (χ2v) is 6.33. The monoisotopic (exact) mass is 322 g/mol. The predicted molar refractivity (Wildman–Crippen MR) is 89.4 cm³/mol. The largest absolute Gasteiger partial charge is 0.343 e. The van der Waals surface area contributed by atoms with Gasteiger partial charge in [-0.25, -0.2) is 0 Å². The molecule has 0 aliphatic carbocycles. The highest BCUT2D eigenvalue weighted by Crippen LogP contribution is 2.31. The molecule has 1 aliphatic rings. The van der Waals surface area contributed by atoms with Crippen molar-refractivity contribution in [2.75, 3.05) is 24.5 Å². The number of carbonyl (C=O) groups excluding carboxylic acids is 2. The van der Waals surface area contributed by atoms with Crippen LogP contribution >= 0.6 is 11.6 Å². The third-order valence-corrected chi connectivity index (χ3v) is 4.34. The fourth-order valence-corrected chi connectivity index (χ4v) is 3.43. The van der Waals surface area contributed by atoms with Crippen molar-refractivity contribution in [3.8, 4) is 0 Å². The third kappa shape index (κ3) is 3.80. The Morgan fingerprint density at radius 1 is 1.23 bits per heavy atom. The number of anilines is 1. The first-order valence-electron chi connectivity index (χ1n) is 7.72. The lowest BCUT2D eigenvalue weighted by Crippen LogP contribution is -2.35. The van der Waals surface area contributed by atoms with Crippen LogP contribution in [0.5, 0.6) is 0 Å². The average Bonchev–Trinajstić information content (AvgIpc) is 2.94. The Kier molecular flexibility index (Phi) is 5.46. The van der Waals surface area contributed by atoms with Crippen molar-refractivity contribution in [3.63, 3.8) is 0 Å². The maximum absolute atomic E-state index is 12.2. The van der Waals surface area contributed by atoms with Gasteiger partial charge < -0.3 is 9.80 Å². The summed E-state index contributed by atoms with van der Waals surface area (Å²) in [6.45, 7) is 7.46. The van der Waals surface area contributed by atoms with Crippen molar-refractivity contribution in [2.24, 2.45) is 0 Å². The first-order valence-corrected chi connectivity index (χ1v) is 8.10. The first kappa shape index (κ1) is 16.8. The molecule has 0 bridgehead atoms. The van der Waals surface area contributed by atoms with Crippen molar-refractivity contribution in [3.05, 3.63) is 28.3 Å². The molecule has 2 rings (SSSR count). The smallest absolute Gasteiger partial charge is 0.224 e. The molecular formula is C17H23ClN2O2. The van der Waals surface area contributed by atoms with E-state index < -0.39 is 0 Å². The van der Waals surface area contributed by atoms with Gasteiger partial charge in [-0.05, 0) is 43.9 Å². The van der Waals surface area contributed by atoms with E-state index in [0.717, 1.165) is 37.1 Å². The van der Waals surface area contributed by atoms with Crippen LogP contribution in [0.4, 0.5) is 5.69 Å². The molecule has 0 spiro atoms. The van der Waals surface area contributed by atoms with Crippen molar-refractivity contribution in [2.45, 2.75) is 40.0 Å². The van der Waals surface area contributed by atoms with Gasteiger partial charge in [0.15, 0.2) is 0 Å². The van der Waals surface area contributed by atoms with Crippen LogP contribution in [0, 0.1) is 13.8 Å². The summed E-state index contributed by atoms with van der Waals surface area (Å²) in [5, 5.41) is 0.557. The molecule has 120 valence electrons. The summed E-state index contributed by atoms with van der Waals surface area (Å²) >= 11 is 6.33. The highest BCUT2D eigenvalue weighted by atomic mass is 35.5. The molecular weight excluding hydrogens is 300 g/mol. The number of benzene rings is 1. The molecule has 0 saturated carbocycles. The Morgan fingerprint density at radius 2 is 1.86 bits per heavy atom. The van der Waals surface area contributed by atoms with Crippen LogP contribution in [-0.4, -0.2) is 36.3 Å². The van der Waals surface area contributed by atoms with E-state index >= 15 is 0 Å². The van der Waals surface area contributed by atoms with Gasteiger partial charge in [0, 0.05) is 33.0 Å². The van der Waals surface area contributed by atoms with Gasteiger partial charge in [0.25, 0.3) is 0 Å². The molecule has 0 N–H and O–H groups in total. The SMILES string of the molecule is CC(=O)N(CCC(=O)N1CCCC1)c1c(C)cc(C)cc1Cl. The van der Waals surface area contributed by atoms with Crippen LogP contribution in [-0.2, 0) is 9.59 Å². The van der Waals surface area contributed by atoms with E-state index in [4.69, 9.17) is 11.6 Å². The standard InChI is InChI=1S/C17H23ClN2O2/c1-12-10-13(2)17(15(18)11-12)20(14(3)21)9-6-16(22)19-7-4-5-8-19/h10-11H,4-9H2,1-3H3. The van der Waals surface area contributed by atoms with Gasteiger partial charge in [0.2, 0.25) is 11.8 Å². The summed E-state index contributed by atoms with van der Waals surface area (Å²) in [6, 6.07) is 3.85. The van der Waals surface area contributed by atoms with Crippen molar-refractivity contribution in [1.82, 2.24) is 4.90 Å². The molecule has 1 saturated heterocycles. The van der Waals surface area contributed by atoms with Crippen LogP contribution in [0.3, 0.4) is 0 Å². The molecule has 0 atom stereocenters. The second-order valence-electron chi connectivity index (χ2n) is 5.92. The third-order valence-electron chi connectivity index (χ3n) is 4.06. The minimum Gasteiger partial charge on any atom is -0.343 e. The highest BCUT2D eigenvalue weighted by Gasteiger charge is 2.22. The maximum atomic E-state index is 12.2. The number of rotatable bonds is 4. The molecule has 1 fully saturated rings. The number of hydrogen-bond donors (Lipinski definition) is 0. The molecule has 0 unspecified atom stereocenters. The summed E-state index contributed by atoms with van der Waals surface area (Å²) < 4.78 is 0. The lowest BCUT2D eigenvalue weighted by atomic mass is 10.1. The number of hydrogen-bond acceptors (Lipinski definition) is 2. The van der Waals surface area contributed by atoms with Gasteiger partial charge in [-0.1, -0.05) is 17.7 Å². The molecule has 0 radical (unpaired) electrons. The molecule has 1 aromatic rings. The zero-order valence-electron chi connectivity index (χ0n) is 13.5. The van der Waals surface area contributed by atoms with E-state index in [-0.39, 0.29) is 11.8 Å². The van der Waals surface area contributed by atoms with E-state index in [9.17, 15) is 9.59 Å². The molecule has 1 heterocycles. The summed E-state index contributed by atoms with van der Waals surface area (Å²) in [6.07, 6.45) is 2.49. The number of amides is 2. The Labute approximate surface area is 137 Å². The van der Waals surface area contributed by atoms with Crippen LogP contribution in [0.2, 0.25) is 5.02 Å². The van der Waals surface area contributed by atoms with Gasteiger partial charge in [0.1, 0.15) is 0 Å². The number of nitrogens with zero attached hydrogens (tertiary/aromatic N) is 2. The van der Waals surface area contributed by atoms with Crippen LogP contribution in [0.15, 0.2) is 12.1 Å². The molecule has 22 heavy (non-hydrogen) atoms. The maximum Gasteiger partial charge on any atom is 0.224 e. The highest BCUT2D eigenvalue weighted by molar-refractivity contribution is 6.34. The molecule has 2 amide bonds. The zero-order valence-corrected chi connectivity index (χ0v) is 14.2. The number of likely N-dealkylation sites (tertiary alicyclic amines) is 1. The van der Waals surface area contributed by atoms with Crippen molar-refractivity contribution < 1.29 is 9.59 Å². The minimum absolute atomic E-state index is 0.0944. The Balaban J connectivity index is 2.13. The lowest BCUT2D eigenvalue weighted by molar-refractivity contribution is -0.129. The van der Waals surface area contributed by atoms with Gasteiger partial charge in [-0.3, -0.25) is 9.59 Å². The average molecular weight is 323 g/mol. The van der Waals surface area contributed by atoms with Gasteiger partial charge in [0.05, 0.1) is 10.7 Å². The summed E-state index contributed by atoms with van der Waals surface area (Å²) in [4.78, 5) is 27.7. The minimum atomic E-state index is -0.0944. The second kappa shape index (κ2) is 7.14. The van der Waals surface area contributed by atoms with Crippen LogP contribution in [0.25, 0.3) is 0 Å². The van der Waals surface area contributed by atoms with E-state index in [0.29, 0.717) is 23.7 Å². The summed E-state index contributed by atoms with van der Waals surface area (Å²) in [7, 11) is 0. The molecule has 0 aromatic heterocycles. The topological polar surface area (TPSA) is 40.6 Å². The van der Waals surface area contributed by atoms with E-state index in [1.165, 1.54) is 6.92 Å². The Hall–Kier alpha value is -1.55. The van der Waals surface area contributed by atoms with Crippen molar-refractivity contribution >= 4 is 29.1 Å². The van der Waals surface area contributed by atoms with Gasteiger partial charge in [-0.2, -0.15) is 0 Å². The summed E-state index contributed by atoms with van der Waals surface area (Å²) in [5.41, 5.74) is 2.73. The van der Waals surface area contributed by atoms with E-state index in [2.05, 4.69) is 0 Å². The predicted octanol–water partition coefficient (Wildman–Crippen LogP) is 3.32. The number of halogens is 1. The van der Waals surface area contributed by atoms with Crippen molar-refractivity contribution in [1.29, 1.82) is 0 Å². The summed E-state index contributed by atoms with van der Waals surface area (Å²) in [5.74, 6) is 0.0210. The van der Waals surface area contributed by atoms with Crippen LogP contribution in [0.1, 0.15) is 37.3 Å². The fraction of sp³-hybridized carbons (Fsp3) is 0.529. The van der Waals surface area contributed by atoms with E-state index in [1.54, 1.807) is 4.90 Å². The zero-order chi connectivity index (χ0) is 16.3. The Morgan fingerprint density at radius 3 is 2.41 bits per heavy atom. The molecule has 1 aliphatic heterocycles. The molecule has 5 heteroatoms. The van der Waals surface area contributed by atoms with Gasteiger partial charge in [-0.15, -0.1) is 0 Å². The molecule has 4 nitrogen and oxygen atoms in total. The lowest BCUT2D eigenvalue weighted by Gasteiger charge is -2.25. The Bertz CT molecular complexity index is 557. The fourth-order valence-electron chi connectivity index (χ4n) is 3.01.